The first-order valence-electron chi connectivity index (χ1n) is 5.73. The lowest BCUT2D eigenvalue weighted by Gasteiger charge is -2.18. The van der Waals surface area contributed by atoms with Crippen molar-refractivity contribution in [2.75, 3.05) is 19.8 Å². The van der Waals surface area contributed by atoms with Crippen LogP contribution in [0.2, 0.25) is 0 Å². The van der Waals surface area contributed by atoms with Crippen molar-refractivity contribution in [1.29, 1.82) is 0 Å². The Labute approximate surface area is 95.8 Å². The van der Waals surface area contributed by atoms with E-state index in [1.54, 1.807) is 12.4 Å². The van der Waals surface area contributed by atoms with Crippen LogP contribution in [0.5, 0.6) is 0 Å². The molecule has 0 radical (unpaired) electrons. The van der Waals surface area contributed by atoms with E-state index in [4.69, 9.17) is 15.2 Å². The van der Waals surface area contributed by atoms with E-state index in [-0.39, 0.29) is 12.2 Å². The normalized spacial score (nSPS) is 22.2. The van der Waals surface area contributed by atoms with Gasteiger partial charge in [0, 0.05) is 25.5 Å². The van der Waals surface area contributed by atoms with Gasteiger partial charge in [0.15, 0.2) is 0 Å². The number of nitrogens with zero attached hydrogens (tertiary/aromatic N) is 1. The van der Waals surface area contributed by atoms with E-state index >= 15 is 0 Å². The molecule has 0 aromatic carbocycles. The molecule has 0 aliphatic carbocycles. The van der Waals surface area contributed by atoms with Crippen molar-refractivity contribution in [2.45, 2.75) is 25.0 Å². The number of hydrogen-bond donors (Lipinski definition) is 1. The van der Waals surface area contributed by atoms with E-state index in [1.165, 1.54) is 0 Å². The molecule has 2 N–H and O–H groups in total. The van der Waals surface area contributed by atoms with Gasteiger partial charge in [-0.15, -0.1) is 0 Å². The molecule has 0 amide bonds. The molecule has 1 aromatic rings. The van der Waals surface area contributed by atoms with Crippen LogP contribution in [-0.2, 0) is 9.47 Å². The summed E-state index contributed by atoms with van der Waals surface area (Å²) >= 11 is 0. The van der Waals surface area contributed by atoms with Gasteiger partial charge in [0.1, 0.15) is 0 Å². The molecule has 0 saturated carbocycles. The number of rotatable bonds is 5. The number of aromatic nitrogens is 1. The smallest absolute Gasteiger partial charge is 0.0949 e. The molecule has 0 bridgehead atoms. The minimum Gasteiger partial charge on any atom is -0.376 e. The molecule has 1 aromatic heterocycles. The second-order valence-corrected chi connectivity index (χ2v) is 3.97. The largest absolute Gasteiger partial charge is 0.376 e. The highest BCUT2D eigenvalue weighted by Gasteiger charge is 2.18. The predicted octanol–water partition coefficient (Wildman–Crippen LogP) is 1.28. The van der Waals surface area contributed by atoms with Crippen LogP contribution >= 0.6 is 0 Å². The fourth-order valence-corrected chi connectivity index (χ4v) is 1.88. The van der Waals surface area contributed by atoms with E-state index in [9.17, 15) is 0 Å². The summed E-state index contributed by atoms with van der Waals surface area (Å²) in [7, 11) is 0. The van der Waals surface area contributed by atoms with Gasteiger partial charge in [-0.2, -0.15) is 0 Å². The minimum atomic E-state index is -0.0489. The van der Waals surface area contributed by atoms with Gasteiger partial charge in [0.05, 0.1) is 18.8 Å². The van der Waals surface area contributed by atoms with Crippen LogP contribution in [0.4, 0.5) is 0 Å². The van der Waals surface area contributed by atoms with E-state index in [0.29, 0.717) is 13.2 Å². The first-order chi connectivity index (χ1) is 7.90. The summed E-state index contributed by atoms with van der Waals surface area (Å²) in [6.07, 6.45) is 5.94. The van der Waals surface area contributed by atoms with Crippen LogP contribution in [0, 0.1) is 0 Å². The fourth-order valence-electron chi connectivity index (χ4n) is 1.88. The summed E-state index contributed by atoms with van der Waals surface area (Å²) in [6, 6.07) is 3.88. The quantitative estimate of drug-likeness (QED) is 0.815. The fraction of sp³-hybridized carbons (Fsp3) is 0.583. The first kappa shape index (κ1) is 11.5. The maximum Gasteiger partial charge on any atom is 0.0949 e. The molecular weight excluding hydrogens is 204 g/mol. The Morgan fingerprint density at radius 1 is 1.50 bits per heavy atom. The van der Waals surface area contributed by atoms with Crippen molar-refractivity contribution >= 4 is 0 Å². The Morgan fingerprint density at radius 2 is 2.31 bits per heavy atom. The lowest BCUT2D eigenvalue weighted by Crippen LogP contribution is -2.21. The van der Waals surface area contributed by atoms with E-state index in [2.05, 4.69) is 4.98 Å². The lowest BCUT2D eigenvalue weighted by atomic mass is 10.1. The number of nitrogens with two attached hydrogens (primary N) is 1. The molecule has 2 unspecified atom stereocenters. The second kappa shape index (κ2) is 5.94. The third-order valence-corrected chi connectivity index (χ3v) is 2.80. The van der Waals surface area contributed by atoms with Crippen molar-refractivity contribution in [3.05, 3.63) is 30.1 Å². The standard InChI is InChI=1S/C12H18N2O2/c13-8-12(10-3-5-14-6-4-10)16-9-11-2-1-7-15-11/h3-6,11-12H,1-2,7-9,13H2. The summed E-state index contributed by atoms with van der Waals surface area (Å²) in [5.41, 5.74) is 6.78. The van der Waals surface area contributed by atoms with Crippen LogP contribution in [0.1, 0.15) is 24.5 Å². The third-order valence-electron chi connectivity index (χ3n) is 2.80. The van der Waals surface area contributed by atoms with Gasteiger partial charge < -0.3 is 15.2 Å². The number of hydrogen-bond acceptors (Lipinski definition) is 4. The van der Waals surface area contributed by atoms with E-state index < -0.39 is 0 Å². The van der Waals surface area contributed by atoms with E-state index in [1.807, 2.05) is 12.1 Å². The van der Waals surface area contributed by atoms with Crippen LogP contribution in [0.15, 0.2) is 24.5 Å². The maximum absolute atomic E-state index is 5.78. The topological polar surface area (TPSA) is 57.4 Å². The monoisotopic (exact) mass is 222 g/mol. The van der Waals surface area contributed by atoms with E-state index in [0.717, 1.165) is 25.0 Å². The summed E-state index contributed by atoms with van der Waals surface area (Å²) in [4.78, 5) is 3.98. The Morgan fingerprint density at radius 3 is 2.94 bits per heavy atom. The van der Waals surface area contributed by atoms with Crippen molar-refractivity contribution in [2.24, 2.45) is 5.73 Å². The molecule has 16 heavy (non-hydrogen) atoms. The van der Waals surface area contributed by atoms with Crippen LogP contribution in [-0.4, -0.2) is 30.8 Å². The van der Waals surface area contributed by atoms with Crippen LogP contribution < -0.4 is 5.73 Å². The molecule has 2 rings (SSSR count). The molecule has 1 aliphatic heterocycles. The third kappa shape index (κ3) is 3.01. The summed E-state index contributed by atoms with van der Waals surface area (Å²) in [6.45, 7) is 1.97. The molecule has 2 atom stereocenters. The summed E-state index contributed by atoms with van der Waals surface area (Å²) < 4.78 is 11.3. The molecule has 1 aliphatic rings. The molecule has 4 nitrogen and oxygen atoms in total. The second-order valence-electron chi connectivity index (χ2n) is 3.97. The molecule has 1 fully saturated rings. The molecule has 1 saturated heterocycles. The van der Waals surface area contributed by atoms with Gasteiger partial charge >= 0.3 is 0 Å². The van der Waals surface area contributed by atoms with Gasteiger partial charge in [0.2, 0.25) is 0 Å². The highest BCUT2D eigenvalue weighted by atomic mass is 16.5. The highest BCUT2D eigenvalue weighted by molar-refractivity contribution is 5.13. The predicted molar refractivity (Wildman–Crippen MR) is 61.0 cm³/mol. The van der Waals surface area contributed by atoms with Crippen molar-refractivity contribution in [3.8, 4) is 0 Å². The Kier molecular flexibility index (Phi) is 4.27. The number of ether oxygens (including phenoxy) is 2. The average molecular weight is 222 g/mol. The summed E-state index contributed by atoms with van der Waals surface area (Å²) in [5, 5.41) is 0. The maximum atomic E-state index is 5.78. The van der Waals surface area contributed by atoms with Gasteiger partial charge in [-0.3, -0.25) is 4.98 Å². The number of pyridine rings is 1. The summed E-state index contributed by atoms with van der Waals surface area (Å²) in [5.74, 6) is 0. The average Bonchev–Trinajstić information content (AvgIpc) is 2.84. The first-order valence-corrected chi connectivity index (χ1v) is 5.73. The molecule has 0 spiro atoms. The molecular formula is C12H18N2O2. The van der Waals surface area contributed by atoms with Crippen molar-refractivity contribution in [1.82, 2.24) is 4.98 Å². The lowest BCUT2D eigenvalue weighted by molar-refractivity contribution is -0.0182. The van der Waals surface area contributed by atoms with Gasteiger partial charge in [-0.25, -0.2) is 0 Å². The van der Waals surface area contributed by atoms with Crippen LogP contribution in [0.3, 0.4) is 0 Å². The van der Waals surface area contributed by atoms with Gasteiger partial charge in [-0.1, -0.05) is 0 Å². The van der Waals surface area contributed by atoms with Crippen molar-refractivity contribution < 1.29 is 9.47 Å². The Balaban J connectivity index is 1.85. The highest BCUT2D eigenvalue weighted by Crippen LogP contribution is 2.18. The molecule has 4 heteroatoms. The minimum absolute atomic E-state index is 0.0489. The zero-order valence-corrected chi connectivity index (χ0v) is 9.34. The van der Waals surface area contributed by atoms with Crippen molar-refractivity contribution in [3.63, 3.8) is 0 Å². The Hall–Kier alpha value is -0.970. The zero-order valence-electron chi connectivity index (χ0n) is 9.34. The van der Waals surface area contributed by atoms with Gasteiger partial charge in [-0.05, 0) is 30.5 Å². The Bertz CT molecular complexity index is 299. The molecule has 2 heterocycles. The molecule has 88 valence electrons. The SMILES string of the molecule is NCC(OCC1CCCO1)c1ccncc1. The zero-order chi connectivity index (χ0) is 11.2. The van der Waals surface area contributed by atoms with Gasteiger partial charge in [0.25, 0.3) is 0 Å². The van der Waals surface area contributed by atoms with Crippen LogP contribution in [0.25, 0.3) is 0 Å².